The third kappa shape index (κ3) is 16.4. The zero-order chi connectivity index (χ0) is 23.4. The number of rotatable bonds is 23. The third-order valence-corrected chi connectivity index (χ3v) is 10.2. The maximum Gasteiger partial charge on any atom is 0.500 e. The number of hydrogen-bond acceptors (Lipinski definition) is 3. The van der Waals surface area contributed by atoms with Crippen molar-refractivity contribution < 1.29 is 13.3 Å². The van der Waals surface area contributed by atoms with Crippen molar-refractivity contribution in [3.05, 3.63) is 0 Å². The number of unbranched alkanes of at least 4 members (excludes halogenated alkanes) is 13. The van der Waals surface area contributed by atoms with Crippen LogP contribution in [0.1, 0.15) is 130 Å². The van der Waals surface area contributed by atoms with Crippen molar-refractivity contribution in [1.29, 1.82) is 0 Å². The van der Waals surface area contributed by atoms with Crippen LogP contribution < -0.4 is 0 Å². The first kappa shape index (κ1) is 31.1. The molecule has 0 heterocycles. The molecule has 0 saturated heterocycles. The highest BCUT2D eigenvalue weighted by Gasteiger charge is 2.39. The van der Waals surface area contributed by atoms with E-state index in [9.17, 15) is 0 Å². The van der Waals surface area contributed by atoms with Crippen molar-refractivity contribution in [2.24, 2.45) is 17.8 Å². The van der Waals surface area contributed by atoms with Crippen molar-refractivity contribution in [3.63, 3.8) is 0 Å². The lowest BCUT2D eigenvalue weighted by atomic mass is 9.83. The summed E-state index contributed by atoms with van der Waals surface area (Å²) in [4.78, 5) is 0. The summed E-state index contributed by atoms with van der Waals surface area (Å²) in [7, 11) is 2.71. The smallest absolute Gasteiger partial charge is 0.377 e. The van der Waals surface area contributed by atoms with Crippen LogP contribution in [0.5, 0.6) is 0 Å². The lowest BCUT2D eigenvalue weighted by Crippen LogP contribution is -2.44. The topological polar surface area (TPSA) is 27.7 Å². The second-order valence-electron chi connectivity index (χ2n) is 10.2. The quantitative estimate of drug-likeness (QED) is 0.113. The van der Waals surface area contributed by atoms with Crippen LogP contribution in [-0.4, -0.2) is 30.1 Å². The van der Waals surface area contributed by atoms with Gasteiger partial charge in [0.1, 0.15) is 0 Å². The molecule has 0 aromatic heterocycles. The van der Waals surface area contributed by atoms with Gasteiger partial charge < -0.3 is 13.3 Å². The molecule has 2 unspecified atom stereocenters. The molecule has 0 amide bonds. The molecule has 4 heteroatoms. The average molecular weight is 459 g/mol. The van der Waals surface area contributed by atoms with Crippen LogP contribution in [0.3, 0.4) is 0 Å². The third-order valence-electron chi connectivity index (χ3n) is 7.11. The van der Waals surface area contributed by atoms with Crippen molar-refractivity contribution in [1.82, 2.24) is 0 Å². The van der Waals surface area contributed by atoms with E-state index in [4.69, 9.17) is 13.3 Å². The highest BCUT2D eigenvalue weighted by molar-refractivity contribution is 6.60. The van der Waals surface area contributed by atoms with E-state index in [1.807, 2.05) is 0 Å². The molecule has 0 fully saturated rings. The van der Waals surface area contributed by atoms with E-state index in [-0.39, 0.29) is 0 Å². The van der Waals surface area contributed by atoms with Crippen LogP contribution in [0, 0.1) is 17.8 Å². The van der Waals surface area contributed by atoms with E-state index in [1.165, 1.54) is 103 Å². The molecule has 0 saturated carbocycles. The van der Waals surface area contributed by atoms with Gasteiger partial charge in [0.05, 0.1) is 0 Å². The fraction of sp³-hybridized carbons (Fsp3) is 1.00. The summed E-state index contributed by atoms with van der Waals surface area (Å²) in [5, 5.41) is 0. The monoisotopic (exact) mass is 458 g/mol. The summed E-state index contributed by atoms with van der Waals surface area (Å²) in [5.41, 5.74) is 0. The van der Waals surface area contributed by atoms with Gasteiger partial charge in [-0.3, -0.25) is 0 Å². The fourth-order valence-electron chi connectivity index (χ4n) is 4.85. The number of hydrogen-bond donors (Lipinski definition) is 0. The maximum absolute atomic E-state index is 5.63. The average Bonchev–Trinajstić information content (AvgIpc) is 2.76. The normalized spacial score (nSPS) is 14.3. The summed E-state index contributed by atoms with van der Waals surface area (Å²) in [6.07, 6.45) is 22.7. The van der Waals surface area contributed by atoms with Crippen LogP contribution in [0.2, 0.25) is 6.04 Å². The zero-order valence-electron chi connectivity index (χ0n) is 22.5. The first-order valence-electron chi connectivity index (χ1n) is 13.6. The van der Waals surface area contributed by atoms with Gasteiger partial charge >= 0.3 is 8.80 Å². The molecule has 0 aromatic rings. The molecular formula is C27H58O3Si. The van der Waals surface area contributed by atoms with Crippen LogP contribution in [0.4, 0.5) is 0 Å². The largest absolute Gasteiger partial charge is 0.500 e. The molecule has 0 aliphatic rings. The molecule has 3 nitrogen and oxygen atoms in total. The second kappa shape index (κ2) is 20.7. The van der Waals surface area contributed by atoms with Crippen LogP contribution in [0.15, 0.2) is 0 Å². The molecule has 0 aliphatic heterocycles. The molecule has 0 spiro atoms. The Balaban J connectivity index is 3.80. The predicted molar refractivity (Wildman–Crippen MR) is 139 cm³/mol. The van der Waals surface area contributed by atoms with Crippen LogP contribution in [-0.2, 0) is 13.3 Å². The van der Waals surface area contributed by atoms with Gasteiger partial charge in [0, 0.05) is 27.4 Å². The van der Waals surface area contributed by atoms with Crippen molar-refractivity contribution >= 4 is 8.80 Å². The molecule has 0 aromatic carbocycles. The van der Waals surface area contributed by atoms with E-state index >= 15 is 0 Å². The Kier molecular flexibility index (Phi) is 20.8. The van der Waals surface area contributed by atoms with Gasteiger partial charge in [0.25, 0.3) is 0 Å². The van der Waals surface area contributed by atoms with Crippen LogP contribution >= 0.6 is 0 Å². The van der Waals surface area contributed by atoms with E-state index < -0.39 is 8.80 Å². The molecule has 0 N–H and O–H groups in total. The van der Waals surface area contributed by atoms with Gasteiger partial charge in [-0.05, 0) is 24.2 Å². The van der Waals surface area contributed by atoms with Gasteiger partial charge in [-0.2, -0.15) is 0 Å². The second-order valence-corrected chi connectivity index (χ2v) is 13.2. The Hall–Kier alpha value is 0.0969. The molecular weight excluding hydrogens is 400 g/mol. The Morgan fingerprint density at radius 2 is 0.968 bits per heavy atom. The molecule has 188 valence electrons. The van der Waals surface area contributed by atoms with E-state index in [2.05, 4.69) is 27.7 Å². The van der Waals surface area contributed by atoms with Gasteiger partial charge in [0.2, 0.25) is 0 Å². The predicted octanol–water partition coefficient (Wildman–Crippen LogP) is 9.03. The van der Waals surface area contributed by atoms with Gasteiger partial charge in [-0.1, -0.05) is 124 Å². The summed E-state index contributed by atoms with van der Waals surface area (Å²) >= 11 is 0. The highest BCUT2D eigenvalue weighted by Crippen LogP contribution is 2.31. The van der Waals surface area contributed by atoms with Crippen molar-refractivity contribution in [2.45, 2.75) is 136 Å². The Labute approximate surface area is 197 Å². The van der Waals surface area contributed by atoms with Crippen molar-refractivity contribution in [2.75, 3.05) is 21.3 Å². The first-order valence-corrected chi connectivity index (χ1v) is 15.5. The van der Waals surface area contributed by atoms with E-state index in [0.29, 0.717) is 5.92 Å². The summed E-state index contributed by atoms with van der Waals surface area (Å²) < 4.78 is 16.9. The fourth-order valence-corrected chi connectivity index (χ4v) is 6.87. The van der Waals surface area contributed by atoms with E-state index in [0.717, 1.165) is 17.9 Å². The lowest BCUT2D eigenvalue weighted by molar-refractivity contribution is 0.116. The first-order chi connectivity index (χ1) is 14.9. The molecule has 0 radical (unpaired) electrons. The molecule has 2 atom stereocenters. The van der Waals surface area contributed by atoms with Gasteiger partial charge in [-0.25, -0.2) is 0 Å². The van der Waals surface area contributed by atoms with E-state index in [1.54, 1.807) is 21.3 Å². The van der Waals surface area contributed by atoms with Gasteiger partial charge in [-0.15, -0.1) is 0 Å². The molecule has 0 rings (SSSR count). The standard InChI is InChI=1S/C27H58O3Si/c1-8-9-10-11-12-13-14-15-16-17-18-19-20-21-22-27(25(2)3)23-26(4)24-31(28-5,29-6)30-7/h25-27H,8-24H2,1-7H3. The molecule has 31 heavy (non-hydrogen) atoms. The minimum absolute atomic E-state index is 0.575. The Morgan fingerprint density at radius 1 is 0.581 bits per heavy atom. The highest BCUT2D eigenvalue weighted by atomic mass is 28.4. The minimum atomic E-state index is -2.46. The Bertz CT molecular complexity index is 363. The maximum atomic E-state index is 5.63. The molecule has 0 aliphatic carbocycles. The SMILES string of the molecule is CCCCCCCCCCCCCCCCC(CC(C)C[Si](OC)(OC)OC)C(C)C. The lowest BCUT2D eigenvalue weighted by Gasteiger charge is -2.30. The van der Waals surface area contributed by atoms with Gasteiger partial charge in [0.15, 0.2) is 0 Å². The van der Waals surface area contributed by atoms with Crippen LogP contribution in [0.25, 0.3) is 0 Å². The summed E-state index contributed by atoms with van der Waals surface area (Å²) in [5.74, 6) is 2.11. The zero-order valence-corrected chi connectivity index (χ0v) is 23.5. The summed E-state index contributed by atoms with van der Waals surface area (Å²) in [6, 6.07) is 0.915. The summed E-state index contributed by atoms with van der Waals surface area (Å²) in [6.45, 7) is 9.40. The van der Waals surface area contributed by atoms with Crippen molar-refractivity contribution in [3.8, 4) is 0 Å². The minimum Gasteiger partial charge on any atom is -0.377 e. The molecule has 0 bridgehead atoms. The Morgan fingerprint density at radius 3 is 1.32 bits per heavy atom.